The van der Waals surface area contributed by atoms with Crippen LogP contribution in [-0.2, 0) is 24.1 Å². The fourth-order valence-electron chi connectivity index (χ4n) is 5.23. The third-order valence-corrected chi connectivity index (χ3v) is 9.56. The molecule has 15 nitrogen and oxygen atoms in total. The molecule has 1 aliphatic rings. The van der Waals surface area contributed by atoms with E-state index in [4.69, 9.17) is 0 Å². The van der Waals surface area contributed by atoms with Crippen LogP contribution >= 0.6 is 0 Å². The van der Waals surface area contributed by atoms with Crippen molar-refractivity contribution >= 4 is 55.1 Å². The van der Waals surface area contributed by atoms with Crippen molar-refractivity contribution in [2.75, 3.05) is 12.4 Å². The summed E-state index contributed by atoms with van der Waals surface area (Å²) in [5.74, 6) is 1.18. The molecule has 0 saturated carbocycles. The van der Waals surface area contributed by atoms with E-state index in [0.29, 0.717) is 32.3 Å². The lowest BCUT2D eigenvalue weighted by atomic mass is 10.2. The van der Waals surface area contributed by atoms with E-state index in [2.05, 4.69) is 25.4 Å². The Bertz CT molecular complexity index is 2490. The number of nitrogens with zero attached hydrogens (tertiary/aromatic N) is 9. The van der Waals surface area contributed by atoms with Gasteiger partial charge in [0.05, 0.1) is 33.7 Å². The number of hydrogen-bond donors (Lipinski definition) is 1. The van der Waals surface area contributed by atoms with Crippen LogP contribution in [0.2, 0.25) is 0 Å². The highest BCUT2D eigenvalue weighted by Crippen LogP contribution is 2.29. The summed E-state index contributed by atoms with van der Waals surface area (Å²) in [6, 6.07) is 11.8. The largest absolute Gasteiger partial charge is 0.335 e. The highest BCUT2D eigenvalue weighted by molar-refractivity contribution is 7.90. The first-order valence-electron chi connectivity index (χ1n) is 14.3. The molecule has 2 amide bonds. The van der Waals surface area contributed by atoms with Crippen molar-refractivity contribution in [1.29, 1.82) is 0 Å². The van der Waals surface area contributed by atoms with Crippen LogP contribution in [0.3, 0.4) is 0 Å². The summed E-state index contributed by atoms with van der Waals surface area (Å²) >= 11 is 0. The van der Waals surface area contributed by atoms with Crippen molar-refractivity contribution in [3.05, 3.63) is 105 Å². The molecule has 1 N–H and O–H groups in total. The molecule has 5 aromatic heterocycles. The first-order chi connectivity index (χ1) is 22.3. The molecular weight excluding hydrogens is 624 g/mol. The standard InChI is InChI=1S/2C11H10N4O.C9H10N2O3S/c1-7-5-8-9(6-13-7)15-4-3-12-11(15)14(2)10(8)16;1-7-3-4-9-8(5-7)10(16)14(2)11-12-6-13-15(9)11;1-6-3-4-7-8(5-6)15(13,14)11(2)9(12)10-7/h2*3-6H,1-2H3;3-5H,1-2H3,(H,10,12). The number of aromatic nitrogens is 8. The van der Waals surface area contributed by atoms with Crippen LogP contribution in [0.1, 0.15) is 16.8 Å². The van der Waals surface area contributed by atoms with Crippen LogP contribution in [-0.4, -0.2) is 63.9 Å². The summed E-state index contributed by atoms with van der Waals surface area (Å²) in [6.45, 7) is 5.63. The minimum Gasteiger partial charge on any atom is -0.306 e. The average molecular weight is 655 g/mol. The van der Waals surface area contributed by atoms with Crippen LogP contribution in [0.15, 0.2) is 81.9 Å². The van der Waals surface area contributed by atoms with Gasteiger partial charge in [-0.25, -0.2) is 22.5 Å². The van der Waals surface area contributed by atoms with E-state index < -0.39 is 16.1 Å². The molecule has 0 atom stereocenters. The minimum atomic E-state index is -3.67. The highest BCUT2D eigenvalue weighted by Gasteiger charge is 2.33. The van der Waals surface area contributed by atoms with Crippen LogP contribution in [0.5, 0.6) is 0 Å². The van der Waals surface area contributed by atoms with Gasteiger partial charge in [-0.1, -0.05) is 17.7 Å². The summed E-state index contributed by atoms with van der Waals surface area (Å²) in [6.07, 6.45) is 6.66. The maximum atomic E-state index is 12.1. The Kier molecular flexibility index (Phi) is 7.59. The van der Waals surface area contributed by atoms with E-state index in [-0.39, 0.29) is 16.0 Å². The number of sulfonamides is 1. The summed E-state index contributed by atoms with van der Waals surface area (Å²) in [7, 11) is 0.986. The number of anilines is 1. The number of benzene rings is 2. The fraction of sp³-hybridized carbons (Fsp3) is 0.194. The predicted molar refractivity (Wildman–Crippen MR) is 176 cm³/mol. The first kappa shape index (κ1) is 31.1. The number of imidazole rings is 1. The maximum Gasteiger partial charge on any atom is 0.335 e. The number of aryl methyl sites for hydroxylation is 5. The van der Waals surface area contributed by atoms with Crippen molar-refractivity contribution in [1.82, 2.24) is 42.4 Å². The Hall–Kier alpha value is -5.90. The van der Waals surface area contributed by atoms with E-state index in [9.17, 15) is 22.8 Å². The molecule has 1 aliphatic heterocycles. The molecule has 16 heteroatoms. The zero-order chi connectivity index (χ0) is 33.8. The topological polar surface area (TPSA) is 171 Å². The molecule has 0 radical (unpaired) electrons. The molecule has 2 aromatic carbocycles. The van der Waals surface area contributed by atoms with E-state index in [1.807, 2.05) is 42.6 Å². The van der Waals surface area contributed by atoms with Crippen molar-refractivity contribution in [3.63, 3.8) is 0 Å². The lowest BCUT2D eigenvalue weighted by Gasteiger charge is -2.25. The fourth-order valence-corrected chi connectivity index (χ4v) is 6.52. The number of amides is 2. The summed E-state index contributed by atoms with van der Waals surface area (Å²) in [4.78, 5) is 48.0. The number of urea groups is 1. The van der Waals surface area contributed by atoms with Gasteiger partial charge in [-0.05, 0) is 56.7 Å². The van der Waals surface area contributed by atoms with Gasteiger partial charge in [0.25, 0.3) is 21.1 Å². The van der Waals surface area contributed by atoms with E-state index >= 15 is 0 Å². The van der Waals surface area contributed by atoms with Gasteiger partial charge in [-0.2, -0.15) is 14.6 Å². The number of pyridine rings is 1. The second kappa shape index (κ2) is 11.5. The van der Waals surface area contributed by atoms with Gasteiger partial charge >= 0.3 is 6.03 Å². The zero-order valence-electron chi connectivity index (χ0n) is 26.3. The molecule has 0 spiro atoms. The van der Waals surface area contributed by atoms with Crippen LogP contribution in [0, 0.1) is 20.8 Å². The second-order valence-corrected chi connectivity index (χ2v) is 13.0. The van der Waals surface area contributed by atoms with Gasteiger partial charge in [-0.15, -0.1) is 0 Å². The third kappa shape index (κ3) is 5.27. The van der Waals surface area contributed by atoms with Gasteiger partial charge in [-0.3, -0.25) is 28.1 Å². The Morgan fingerprint density at radius 1 is 0.745 bits per heavy atom. The number of nitrogens with one attached hydrogen (secondary N) is 1. The minimum absolute atomic E-state index is 0.0424. The number of hydrogen-bond acceptors (Lipinski definition) is 9. The molecule has 240 valence electrons. The lowest BCUT2D eigenvalue weighted by molar-refractivity contribution is 0.240. The summed E-state index contributed by atoms with van der Waals surface area (Å²) in [5.41, 5.74) is 4.57. The Morgan fingerprint density at radius 3 is 2.15 bits per heavy atom. The number of rotatable bonds is 0. The Morgan fingerprint density at radius 2 is 1.40 bits per heavy atom. The Balaban J connectivity index is 0.000000123. The van der Waals surface area contributed by atoms with Crippen molar-refractivity contribution in [2.45, 2.75) is 25.7 Å². The molecule has 7 aromatic rings. The Labute approximate surface area is 267 Å². The predicted octanol–water partition coefficient (Wildman–Crippen LogP) is 2.94. The van der Waals surface area contributed by atoms with E-state index in [0.717, 1.165) is 27.9 Å². The summed E-state index contributed by atoms with van der Waals surface area (Å²) in [5, 5.41) is 7.96. The molecule has 47 heavy (non-hydrogen) atoms. The highest BCUT2D eigenvalue weighted by atomic mass is 32.2. The second-order valence-electron chi connectivity index (χ2n) is 11.1. The SMILES string of the molecule is Cc1cc2c(=O)n(C)c3nccn3c2cn1.Cc1ccc2c(c1)S(=O)(=O)N(C)C(=O)N2.Cc1ccc2c(c1)c(=O)n(C)c1ncnn21. The van der Waals surface area contributed by atoms with Crippen molar-refractivity contribution < 1.29 is 13.2 Å². The number of carbonyl (C=O) groups excluding carboxylic acids is 1. The van der Waals surface area contributed by atoms with E-state index in [1.165, 1.54) is 17.9 Å². The first-order valence-corrected chi connectivity index (χ1v) is 15.7. The molecular formula is C31H30N10O5S. The molecule has 6 heterocycles. The van der Waals surface area contributed by atoms with Gasteiger partial charge in [0, 0.05) is 39.2 Å². The van der Waals surface area contributed by atoms with Gasteiger partial charge in [0.15, 0.2) is 0 Å². The normalized spacial score (nSPS) is 13.6. The van der Waals surface area contributed by atoms with Crippen molar-refractivity contribution in [2.24, 2.45) is 14.1 Å². The van der Waals surface area contributed by atoms with Crippen LogP contribution in [0.4, 0.5) is 10.5 Å². The summed E-state index contributed by atoms with van der Waals surface area (Å²) < 4.78 is 31.0. The van der Waals surface area contributed by atoms with Gasteiger partial charge in [0.2, 0.25) is 11.6 Å². The molecule has 0 saturated heterocycles. The third-order valence-electron chi connectivity index (χ3n) is 7.78. The van der Waals surface area contributed by atoms with Crippen LogP contribution < -0.4 is 16.4 Å². The quantitative estimate of drug-likeness (QED) is 0.258. The van der Waals surface area contributed by atoms with Gasteiger partial charge < -0.3 is 5.32 Å². The van der Waals surface area contributed by atoms with Gasteiger partial charge in [0.1, 0.15) is 11.2 Å². The van der Waals surface area contributed by atoms with E-state index in [1.54, 1.807) is 66.8 Å². The molecule has 0 aliphatic carbocycles. The molecule has 0 fully saturated rings. The maximum absolute atomic E-state index is 12.1. The molecule has 8 rings (SSSR count). The lowest BCUT2D eigenvalue weighted by Crippen LogP contribution is -2.41. The molecule has 0 unspecified atom stereocenters. The zero-order valence-corrected chi connectivity index (χ0v) is 27.1. The smallest absolute Gasteiger partial charge is 0.306 e. The average Bonchev–Trinajstić information content (AvgIpc) is 3.74. The van der Waals surface area contributed by atoms with Crippen LogP contribution in [0.25, 0.3) is 33.4 Å². The molecule has 0 bridgehead atoms. The number of carbonyl (C=O) groups is 1. The monoisotopic (exact) mass is 654 g/mol. The number of fused-ring (bicyclic) bond motifs is 7. The van der Waals surface area contributed by atoms with Crippen molar-refractivity contribution in [3.8, 4) is 0 Å².